The zero-order valence-corrected chi connectivity index (χ0v) is 18.8. The van der Waals surface area contributed by atoms with E-state index in [4.69, 9.17) is 14.2 Å². The Labute approximate surface area is 193 Å². The maximum atomic E-state index is 13.1. The SMILES string of the molecule is COc1ccc(C2C(=C(O)c3cccc(OC)c3)C(=O)C(=O)N2CCN2CCOCC2)cc1. The van der Waals surface area contributed by atoms with Crippen LogP contribution in [0.25, 0.3) is 5.76 Å². The summed E-state index contributed by atoms with van der Waals surface area (Å²) in [5, 5.41) is 11.2. The molecule has 33 heavy (non-hydrogen) atoms. The summed E-state index contributed by atoms with van der Waals surface area (Å²) < 4.78 is 15.9. The average Bonchev–Trinajstić information content (AvgIpc) is 3.12. The molecule has 0 aromatic heterocycles. The van der Waals surface area contributed by atoms with E-state index in [1.54, 1.807) is 48.4 Å². The second kappa shape index (κ2) is 10.1. The number of rotatable bonds is 7. The van der Waals surface area contributed by atoms with Gasteiger partial charge in [-0.1, -0.05) is 24.3 Å². The molecule has 174 valence electrons. The molecule has 1 atom stereocenters. The van der Waals surface area contributed by atoms with E-state index in [9.17, 15) is 14.7 Å². The Morgan fingerprint density at radius 1 is 1.00 bits per heavy atom. The molecule has 8 nitrogen and oxygen atoms in total. The van der Waals surface area contributed by atoms with Gasteiger partial charge in [0.05, 0.1) is 39.0 Å². The Bertz CT molecular complexity index is 1040. The number of carbonyl (C=O) groups is 2. The summed E-state index contributed by atoms with van der Waals surface area (Å²) in [6.45, 7) is 3.83. The van der Waals surface area contributed by atoms with E-state index in [1.165, 1.54) is 7.11 Å². The lowest BCUT2D eigenvalue weighted by atomic mass is 9.95. The van der Waals surface area contributed by atoms with Crippen LogP contribution in [0.15, 0.2) is 54.1 Å². The molecule has 0 spiro atoms. The Hall–Kier alpha value is -3.36. The Kier molecular flexibility index (Phi) is 6.96. The topological polar surface area (TPSA) is 88.5 Å². The summed E-state index contributed by atoms with van der Waals surface area (Å²) in [6.07, 6.45) is 0. The van der Waals surface area contributed by atoms with Gasteiger partial charge in [-0.05, 0) is 29.8 Å². The number of ketones is 1. The number of aliphatic hydroxyl groups is 1. The molecule has 2 aliphatic heterocycles. The lowest BCUT2D eigenvalue weighted by molar-refractivity contribution is -0.140. The van der Waals surface area contributed by atoms with Crippen LogP contribution in [0.2, 0.25) is 0 Å². The number of aliphatic hydroxyl groups excluding tert-OH is 1. The minimum absolute atomic E-state index is 0.0698. The molecule has 2 fully saturated rings. The lowest BCUT2D eigenvalue weighted by Crippen LogP contribution is -2.42. The quantitative estimate of drug-likeness (QED) is 0.392. The number of benzene rings is 2. The third-order valence-corrected chi connectivity index (χ3v) is 6.08. The molecule has 0 saturated carbocycles. The predicted octanol–water partition coefficient (Wildman–Crippen LogP) is 2.46. The number of likely N-dealkylation sites (tertiary alicyclic amines) is 1. The van der Waals surface area contributed by atoms with Crippen molar-refractivity contribution in [1.29, 1.82) is 0 Å². The van der Waals surface area contributed by atoms with Crippen molar-refractivity contribution in [1.82, 2.24) is 9.80 Å². The van der Waals surface area contributed by atoms with Crippen LogP contribution in [0.4, 0.5) is 0 Å². The molecule has 4 rings (SSSR count). The van der Waals surface area contributed by atoms with Gasteiger partial charge in [0.1, 0.15) is 17.3 Å². The van der Waals surface area contributed by atoms with Crippen molar-refractivity contribution >= 4 is 17.4 Å². The van der Waals surface area contributed by atoms with Gasteiger partial charge in [-0.15, -0.1) is 0 Å². The maximum Gasteiger partial charge on any atom is 0.295 e. The van der Waals surface area contributed by atoms with Gasteiger partial charge in [0.25, 0.3) is 11.7 Å². The second-order valence-electron chi connectivity index (χ2n) is 7.95. The third-order valence-electron chi connectivity index (χ3n) is 6.08. The van der Waals surface area contributed by atoms with Crippen LogP contribution in [0, 0.1) is 0 Å². The molecule has 0 aliphatic carbocycles. The van der Waals surface area contributed by atoms with Gasteiger partial charge in [0.15, 0.2) is 0 Å². The van der Waals surface area contributed by atoms with Gasteiger partial charge in [-0.25, -0.2) is 0 Å². The fraction of sp³-hybridized carbons (Fsp3) is 0.360. The molecular weight excluding hydrogens is 424 g/mol. The molecule has 8 heteroatoms. The van der Waals surface area contributed by atoms with Crippen LogP contribution in [0.1, 0.15) is 17.2 Å². The monoisotopic (exact) mass is 452 g/mol. The molecular formula is C25H28N2O6. The van der Waals surface area contributed by atoms with Crippen molar-refractivity contribution in [3.63, 3.8) is 0 Å². The first-order valence-corrected chi connectivity index (χ1v) is 10.9. The van der Waals surface area contributed by atoms with E-state index in [2.05, 4.69) is 4.90 Å². The van der Waals surface area contributed by atoms with Gasteiger partial charge in [-0.2, -0.15) is 0 Å². The molecule has 0 radical (unpaired) electrons. The lowest BCUT2D eigenvalue weighted by Gasteiger charge is -2.31. The number of Topliss-reactive ketones (excluding diaryl/α,β-unsaturated/α-hetero) is 1. The van der Waals surface area contributed by atoms with E-state index in [0.717, 1.165) is 18.7 Å². The smallest absolute Gasteiger partial charge is 0.295 e. The van der Waals surface area contributed by atoms with Crippen LogP contribution in [-0.4, -0.2) is 80.2 Å². The number of hydrogen-bond donors (Lipinski definition) is 1. The standard InChI is InChI=1S/C25H28N2O6/c1-31-19-8-6-17(7-9-19)22-21(23(28)18-4-3-5-20(16-18)32-2)24(29)25(30)27(22)11-10-26-12-14-33-15-13-26/h3-9,16,22,28H,10-15H2,1-2H3. The first kappa shape index (κ1) is 22.8. The van der Waals surface area contributed by atoms with E-state index >= 15 is 0 Å². The van der Waals surface area contributed by atoms with Crippen LogP contribution < -0.4 is 9.47 Å². The zero-order chi connectivity index (χ0) is 23.4. The minimum Gasteiger partial charge on any atom is -0.507 e. The van der Waals surface area contributed by atoms with Crippen molar-refractivity contribution in [2.24, 2.45) is 0 Å². The molecule has 0 bridgehead atoms. The first-order valence-electron chi connectivity index (χ1n) is 10.9. The molecule has 2 saturated heterocycles. The fourth-order valence-electron chi connectivity index (χ4n) is 4.24. The van der Waals surface area contributed by atoms with Crippen LogP contribution in [0.5, 0.6) is 11.5 Å². The number of nitrogens with zero attached hydrogens (tertiary/aromatic N) is 2. The van der Waals surface area contributed by atoms with Crippen molar-refractivity contribution in [3.05, 3.63) is 65.2 Å². The highest BCUT2D eigenvalue weighted by Crippen LogP contribution is 2.40. The minimum atomic E-state index is -0.705. The summed E-state index contributed by atoms with van der Waals surface area (Å²) in [6, 6.07) is 13.3. The maximum absolute atomic E-state index is 13.1. The Morgan fingerprint density at radius 3 is 2.36 bits per heavy atom. The molecule has 2 aromatic carbocycles. The summed E-state index contributed by atoms with van der Waals surface area (Å²) in [5.74, 6) is -0.327. The summed E-state index contributed by atoms with van der Waals surface area (Å²) in [5.41, 5.74) is 1.21. The second-order valence-corrected chi connectivity index (χ2v) is 7.95. The Morgan fingerprint density at radius 2 is 1.70 bits per heavy atom. The van der Waals surface area contributed by atoms with Gasteiger partial charge >= 0.3 is 0 Å². The predicted molar refractivity (Wildman–Crippen MR) is 122 cm³/mol. The zero-order valence-electron chi connectivity index (χ0n) is 18.8. The number of amides is 1. The Balaban J connectivity index is 1.74. The summed E-state index contributed by atoms with van der Waals surface area (Å²) in [7, 11) is 3.10. The van der Waals surface area contributed by atoms with Crippen LogP contribution in [-0.2, 0) is 14.3 Å². The number of ether oxygens (including phenoxy) is 3. The van der Waals surface area contributed by atoms with Gasteiger partial charge in [0.2, 0.25) is 0 Å². The van der Waals surface area contributed by atoms with E-state index in [0.29, 0.717) is 43.4 Å². The molecule has 1 N–H and O–H groups in total. The molecule has 2 heterocycles. The van der Waals surface area contributed by atoms with E-state index in [1.807, 2.05) is 12.1 Å². The van der Waals surface area contributed by atoms with E-state index in [-0.39, 0.29) is 11.3 Å². The van der Waals surface area contributed by atoms with Crippen molar-refractivity contribution < 1.29 is 28.9 Å². The molecule has 2 aliphatic rings. The van der Waals surface area contributed by atoms with Gasteiger partial charge in [-0.3, -0.25) is 14.5 Å². The van der Waals surface area contributed by atoms with Crippen molar-refractivity contribution in [2.75, 3.05) is 53.6 Å². The fourth-order valence-corrected chi connectivity index (χ4v) is 4.24. The highest BCUT2D eigenvalue weighted by Gasteiger charge is 2.46. The number of carbonyl (C=O) groups excluding carboxylic acids is 2. The molecule has 2 aromatic rings. The summed E-state index contributed by atoms with van der Waals surface area (Å²) in [4.78, 5) is 30.0. The molecule has 1 unspecified atom stereocenters. The first-order chi connectivity index (χ1) is 16.0. The van der Waals surface area contributed by atoms with Gasteiger partial charge < -0.3 is 24.2 Å². The van der Waals surface area contributed by atoms with Crippen LogP contribution in [0.3, 0.4) is 0 Å². The highest BCUT2D eigenvalue weighted by atomic mass is 16.5. The largest absolute Gasteiger partial charge is 0.507 e. The average molecular weight is 453 g/mol. The third kappa shape index (κ3) is 4.72. The normalized spacial score (nSPS) is 20.8. The van der Waals surface area contributed by atoms with Gasteiger partial charge in [0, 0.05) is 31.7 Å². The number of methoxy groups -OCH3 is 2. The number of hydrogen-bond acceptors (Lipinski definition) is 7. The van der Waals surface area contributed by atoms with Crippen molar-refractivity contribution in [3.8, 4) is 11.5 Å². The van der Waals surface area contributed by atoms with Crippen molar-refractivity contribution in [2.45, 2.75) is 6.04 Å². The van der Waals surface area contributed by atoms with E-state index < -0.39 is 17.7 Å². The molecule has 1 amide bonds. The van der Waals surface area contributed by atoms with Crippen LogP contribution >= 0.6 is 0 Å². The number of morpholine rings is 1. The summed E-state index contributed by atoms with van der Waals surface area (Å²) >= 11 is 0. The highest BCUT2D eigenvalue weighted by molar-refractivity contribution is 6.46.